The second-order valence-electron chi connectivity index (χ2n) is 9.42. The van der Waals surface area contributed by atoms with Gasteiger partial charge in [0.25, 0.3) is 5.91 Å². The quantitative estimate of drug-likeness (QED) is 0.743. The Bertz CT molecular complexity index is 1040. The SMILES string of the molecule is Cc1ncc(Cl)cc1C(=O)NC1CCC(CN2C(=O)C3(CCNC3)c3ccccc32)CC1. The molecule has 1 saturated carbocycles. The van der Waals surface area contributed by atoms with E-state index in [0.717, 1.165) is 57.4 Å². The molecular weight excluding hydrogens is 424 g/mol. The lowest BCUT2D eigenvalue weighted by Crippen LogP contribution is -2.45. The molecule has 1 aromatic carbocycles. The van der Waals surface area contributed by atoms with E-state index >= 15 is 0 Å². The van der Waals surface area contributed by atoms with Crippen molar-refractivity contribution in [3.8, 4) is 0 Å². The maximum atomic E-state index is 13.5. The summed E-state index contributed by atoms with van der Waals surface area (Å²) in [4.78, 5) is 32.4. The van der Waals surface area contributed by atoms with Crippen LogP contribution in [0.2, 0.25) is 5.02 Å². The molecular formula is C25H29ClN4O2. The third-order valence-electron chi connectivity index (χ3n) is 7.44. The Balaban J connectivity index is 1.22. The standard InChI is InChI=1S/C25H29ClN4O2/c1-16-20(12-18(26)13-28-16)23(31)29-19-8-6-17(7-9-19)14-30-22-5-3-2-4-21(22)25(24(30)32)10-11-27-15-25/h2-5,12-13,17,19,27H,6-11,14-15H2,1H3,(H,29,31). The van der Waals surface area contributed by atoms with Gasteiger partial charge in [-0.05, 0) is 69.2 Å². The van der Waals surface area contributed by atoms with Crippen LogP contribution in [-0.4, -0.2) is 42.5 Å². The fourth-order valence-corrected chi connectivity index (χ4v) is 5.79. The van der Waals surface area contributed by atoms with Crippen molar-refractivity contribution < 1.29 is 9.59 Å². The lowest BCUT2D eigenvalue weighted by molar-refractivity contribution is -0.122. The van der Waals surface area contributed by atoms with E-state index in [1.165, 1.54) is 5.56 Å². The lowest BCUT2D eigenvalue weighted by atomic mass is 9.81. The van der Waals surface area contributed by atoms with Crippen molar-refractivity contribution in [3.63, 3.8) is 0 Å². The van der Waals surface area contributed by atoms with E-state index in [1.54, 1.807) is 12.3 Å². The van der Waals surface area contributed by atoms with E-state index in [2.05, 4.69) is 27.8 Å². The summed E-state index contributed by atoms with van der Waals surface area (Å²) in [5.41, 5.74) is 3.10. The van der Waals surface area contributed by atoms with Crippen LogP contribution in [0.4, 0.5) is 5.69 Å². The minimum atomic E-state index is -0.384. The fourth-order valence-electron chi connectivity index (χ4n) is 5.63. The number of aryl methyl sites for hydroxylation is 1. The first kappa shape index (κ1) is 21.4. The lowest BCUT2D eigenvalue weighted by Gasteiger charge is -2.32. The Morgan fingerprint density at radius 3 is 2.81 bits per heavy atom. The molecule has 2 aliphatic heterocycles. The van der Waals surface area contributed by atoms with E-state index in [-0.39, 0.29) is 23.3 Å². The first-order chi connectivity index (χ1) is 15.5. The van der Waals surface area contributed by atoms with Crippen LogP contribution in [0.15, 0.2) is 36.5 Å². The first-order valence-corrected chi connectivity index (χ1v) is 11.9. The number of aromatic nitrogens is 1. The van der Waals surface area contributed by atoms with Crippen molar-refractivity contribution in [1.82, 2.24) is 15.6 Å². The number of amides is 2. The maximum Gasteiger partial charge on any atom is 0.253 e. The van der Waals surface area contributed by atoms with E-state index in [4.69, 9.17) is 11.6 Å². The van der Waals surface area contributed by atoms with Crippen LogP contribution in [0.3, 0.4) is 0 Å². The molecule has 3 aliphatic rings. The van der Waals surface area contributed by atoms with Crippen LogP contribution in [0.5, 0.6) is 0 Å². The highest BCUT2D eigenvalue weighted by Gasteiger charge is 2.52. The van der Waals surface area contributed by atoms with Crippen molar-refractivity contribution in [2.75, 3.05) is 24.5 Å². The number of halogens is 1. The number of benzene rings is 1. The summed E-state index contributed by atoms with van der Waals surface area (Å²) in [5.74, 6) is 0.586. The molecule has 1 aromatic heterocycles. The predicted molar refractivity (Wildman–Crippen MR) is 125 cm³/mol. The molecule has 2 fully saturated rings. The number of carbonyl (C=O) groups is 2. The number of rotatable bonds is 4. The molecule has 1 atom stereocenters. The molecule has 168 valence electrons. The van der Waals surface area contributed by atoms with Crippen molar-refractivity contribution in [3.05, 3.63) is 58.4 Å². The summed E-state index contributed by atoms with van der Waals surface area (Å²) >= 11 is 6.02. The summed E-state index contributed by atoms with van der Waals surface area (Å²) in [6, 6.07) is 10.1. The van der Waals surface area contributed by atoms with Gasteiger partial charge in [-0.3, -0.25) is 14.6 Å². The first-order valence-electron chi connectivity index (χ1n) is 11.5. The third kappa shape index (κ3) is 3.69. The zero-order valence-corrected chi connectivity index (χ0v) is 19.1. The number of nitrogens with one attached hydrogen (secondary N) is 2. The Morgan fingerprint density at radius 1 is 1.28 bits per heavy atom. The highest BCUT2D eigenvalue weighted by molar-refractivity contribution is 6.30. The normalized spacial score (nSPS) is 27.1. The van der Waals surface area contributed by atoms with Gasteiger partial charge in [0.1, 0.15) is 0 Å². The van der Waals surface area contributed by atoms with Gasteiger partial charge in [-0.2, -0.15) is 0 Å². The minimum Gasteiger partial charge on any atom is -0.349 e. The average molecular weight is 453 g/mol. The van der Waals surface area contributed by atoms with Crippen molar-refractivity contribution in [2.45, 2.75) is 50.5 Å². The van der Waals surface area contributed by atoms with Gasteiger partial charge in [0.2, 0.25) is 5.91 Å². The Kier molecular flexibility index (Phi) is 5.68. The molecule has 32 heavy (non-hydrogen) atoms. The Labute approximate surface area is 193 Å². The van der Waals surface area contributed by atoms with Gasteiger partial charge >= 0.3 is 0 Å². The van der Waals surface area contributed by atoms with E-state index in [1.807, 2.05) is 24.0 Å². The number of carbonyl (C=O) groups excluding carboxylic acids is 2. The van der Waals surface area contributed by atoms with Crippen LogP contribution in [-0.2, 0) is 10.2 Å². The Hall–Kier alpha value is -2.44. The van der Waals surface area contributed by atoms with Gasteiger partial charge < -0.3 is 15.5 Å². The van der Waals surface area contributed by atoms with E-state index in [9.17, 15) is 9.59 Å². The van der Waals surface area contributed by atoms with Gasteiger partial charge in [0, 0.05) is 31.0 Å². The third-order valence-corrected chi connectivity index (χ3v) is 7.65. The van der Waals surface area contributed by atoms with Gasteiger partial charge in [-0.1, -0.05) is 29.8 Å². The van der Waals surface area contributed by atoms with Gasteiger partial charge in [0.05, 0.1) is 21.7 Å². The molecule has 6 nitrogen and oxygen atoms in total. The molecule has 0 radical (unpaired) electrons. The monoisotopic (exact) mass is 452 g/mol. The molecule has 1 spiro atoms. The molecule has 1 saturated heterocycles. The number of pyridine rings is 1. The molecule has 2 amide bonds. The zero-order chi connectivity index (χ0) is 22.3. The summed E-state index contributed by atoms with van der Waals surface area (Å²) in [6.45, 7) is 4.20. The zero-order valence-electron chi connectivity index (χ0n) is 18.4. The van der Waals surface area contributed by atoms with Crippen molar-refractivity contribution in [2.24, 2.45) is 5.92 Å². The topological polar surface area (TPSA) is 74.3 Å². The summed E-state index contributed by atoms with van der Waals surface area (Å²) < 4.78 is 0. The number of para-hydroxylation sites is 1. The van der Waals surface area contributed by atoms with E-state index in [0.29, 0.717) is 22.2 Å². The number of hydrogen-bond acceptors (Lipinski definition) is 4. The molecule has 3 heterocycles. The van der Waals surface area contributed by atoms with Crippen LogP contribution in [0.1, 0.15) is 53.7 Å². The molecule has 1 unspecified atom stereocenters. The Morgan fingerprint density at radius 2 is 2.06 bits per heavy atom. The number of fused-ring (bicyclic) bond motifs is 2. The van der Waals surface area contributed by atoms with Crippen LogP contribution in [0, 0.1) is 12.8 Å². The summed E-state index contributed by atoms with van der Waals surface area (Å²) in [5, 5.41) is 7.02. The minimum absolute atomic E-state index is 0.111. The maximum absolute atomic E-state index is 13.5. The molecule has 5 rings (SSSR count). The molecule has 0 bridgehead atoms. The average Bonchev–Trinajstić information content (AvgIpc) is 3.38. The van der Waals surface area contributed by atoms with Gasteiger partial charge in [0.15, 0.2) is 0 Å². The predicted octanol–water partition coefficient (Wildman–Crippen LogP) is 3.61. The highest BCUT2D eigenvalue weighted by atomic mass is 35.5. The smallest absolute Gasteiger partial charge is 0.253 e. The molecule has 2 N–H and O–H groups in total. The van der Waals surface area contributed by atoms with Gasteiger partial charge in [-0.15, -0.1) is 0 Å². The van der Waals surface area contributed by atoms with Crippen LogP contribution < -0.4 is 15.5 Å². The number of nitrogens with zero attached hydrogens (tertiary/aromatic N) is 2. The van der Waals surface area contributed by atoms with Crippen LogP contribution in [0.25, 0.3) is 0 Å². The largest absolute Gasteiger partial charge is 0.349 e. The van der Waals surface area contributed by atoms with E-state index < -0.39 is 0 Å². The highest BCUT2D eigenvalue weighted by Crippen LogP contribution is 2.46. The molecule has 7 heteroatoms. The second kappa shape index (κ2) is 8.49. The van der Waals surface area contributed by atoms with Crippen molar-refractivity contribution >= 4 is 29.1 Å². The number of hydrogen-bond donors (Lipinski definition) is 2. The van der Waals surface area contributed by atoms with Gasteiger partial charge in [-0.25, -0.2) is 0 Å². The molecule has 2 aromatic rings. The number of anilines is 1. The van der Waals surface area contributed by atoms with Crippen molar-refractivity contribution in [1.29, 1.82) is 0 Å². The fraction of sp³-hybridized carbons (Fsp3) is 0.480. The summed E-state index contributed by atoms with van der Waals surface area (Å²) in [7, 11) is 0. The van der Waals surface area contributed by atoms with Crippen LogP contribution >= 0.6 is 11.6 Å². The molecule has 1 aliphatic carbocycles. The second-order valence-corrected chi connectivity index (χ2v) is 9.86. The summed E-state index contributed by atoms with van der Waals surface area (Å²) in [6.07, 6.45) is 6.25.